The van der Waals surface area contributed by atoms with Gasteiger partial charge in [-0.3, -0.25) is 9.78 Å². The molecule has 1 N–H and O–H groups in total. The van der Waals surface area contributed by atoms with Crippen molar-refractivity contribution in [2.45, 2.75) is 6.42 Å². The van der Waals surface area contributed by atoms with Gasteiger partial charge in [-0.2, -0.15) is 0 Å². The van der Waals surface area contributed by atoms with Crippen LogP contribution in [0.3, 0.4) is 0 Å². The number of ether oxygens (including phenoxy) is 2. The minimum atomic E-state index is -0.175. The largest absolute Gasteiger partial charge is 0.495 e. The molecule has 0 spiro atoms. The van der Waals surface area contributed by atoms with Gasteiger partial charge in [-0.05, 0) is 11.6 Å². The van der Waals surface area contributed by atoms with Crippen molar-refractivity contribution in [3.63, 3.8) is 0 Å². The summed E-state index contributed by atoms with van der Waals surface area (Å²) in [6.45, 7) is 0. The first kappa shape index (κ1) is 15.1. The minimum Gasteiger partial charge on any atom is -0.495 e. The molecule has 0 bridgehead atoms. The zero-order valence-corrected chi connectivity index (χ0v) is 12.5. The average molecular weight is 307 g/mol. The van der Waals surface area contributed by atoms with Gasteiger partial charge in [0, 0.05) is 24.5 Å². The molecule has 1 aromatic carbocycles. The highest BCUT2D eigenvalue weighted by atomic mass is 35.5. The number of nitrogens with one attached hydrogen (secondary N) is 1. The molecule has 0 radical (unpaired) electrons. The molecule has 0 unspecified atom stereocenters. The SMILES string of the molecule is COc1cc(NC(=O)Cc2cccnc2)c(OC)cc1Cl. The Morgan fingerprint density at radius 3 is 2.67 bits per heavy atom. The summed E-state index contributed by atoms with van der Waals surface area (Å²) in [5.41, 5.74) is 1.34. The Kier molecular flexibility index (Phi) is 5.00. The number of hydrogen-bond acceptors (Lipinski definition) is 4. The summed E-state index contributed by atoms with van der Waals surface area (Å²) in [5, 5.41) is 3.20. The van der Waals surface area contributed by atoms with Gasteiger partial charge in [0.25, 0.3) is 0 Å². The summed E-state index contributed by atoms with van der Waals surface area (Å²) in [6.07, 6.45) is 3.54. The second kappa shape index (κ2) is 6.95. The Morgan fingerprint density at radius 1 is 1.29 bits per heavy atom. The Hall–Kier alpha value is -2.27. The second-order valence-corrected chi connectivity index (χ2v) is 4.68. The molecule has 0 aliphatic heterocycles. The van der Waals surface area contributed by atoms with Gasteiger partial charge in [-0.1, -0.05) is 17.7 Å². The molecule has 110 valence electrons. The van der Waals surface area contributed by atoms with Crippen LogP contribution in [0, 0.1) is 0 Å². The number of methoxy groups -OCH3 is 2. The van der Waals surface area contributed by atoms with Crippen LogP contribution < -0.4 is 14.8 Å². The lowest BCUT2D eigenvalue weighted by Crippen LogP contribution is -2.15. The molecule has 21 heavy (non-hydrogen) atoms. The Balaban J connectivity index is 2.16. The average Bonchev–Trinajstić information content (AvgIpc) is 2.49. The number of rotatable bonds is 5. The smallest absolute Gasteiger partial charge is 0.228 e. The summed E-state index contributed by atoms with van der Waals surface area (Å²) >= 11 is 6.02. The molecule has 0 atom stereocenters. The van der Waals surface area contributed by atoms with E-state index in [1.54, 1.807) is 30.6 Å². The number of pyridine rings is 1. The van der Waals surface area contributed by atoms with Crippen molar-refractivity contribution in [1.82, 2.24) is 4.98 Å². The molecule has 1 heterocycles. The number of carbonyl (C=O) groups is 1. The van der Waals surface area contributed by atoms with Crippen LogP contribution in [0.1, 0.15) is 5.56 Å². The van der Waals surface area contributed by atoms with Crippen LogP contribution in [0.4, 0.5) is 5.69 Å². The number of aromatic nitrogens is 1. The highest BCUT2D eigenvalue weighted by Gasteiger charge is 2.12. The summed E-state index contributed by atoms with van der Waals surface area (Å²) in [6, 6.07) is 6.85. The third-order valence-electron chi connectivity index (χ3n) is 2.84. The predicted octanol–water partition coefficient (Wildman–Crippen LogP) is 2.93. The summed E-state index contributed by atoms with van der Waals surface area (Å²) in [4.78, 5) is 16.0. The van der Waals surface area contributed by atoms with Crippen LogP contribution in [0.15, 0.2) is 36.7 Å². The lowest BCUT2D eigenvalue weighted by Gasteiger charge is -2.13. The van der Waals surface area contributed by atoms with Gasteiger partial charge >= 0.3 is 0 Å². The van der Waals surface area contributed by atoms with Gasteiger partial charge < -0.3 is 14.8 Å². The number of nitrogens with zero attached hydrogens (tertiary/aromatic N) is 1. The van der Waals surface area contributed by atoms with E-state index < -0.39 is 0 Å². The van der Waals surface area contributed by atoms with Crippen LogP contribution in [0.5, 0.6) is 11.5 Å². The number of halogens is 1. The van der Waals surface area contributed by atoms with Gasteiger partial charge in [-0.15, -0.1) is 0 Å². The molecular formula is C15H15ClN2O3. The monoisotopic (exact) mass is 306 g/mol. The first-order valence-electron chi connectivity index (χ1n) is 6.24. The fraction of sp³-hybridized carbons (Fsp3) is 0.200. The van der Waals surface area contributed by atoms with Crippen molar-refractivity contribution in [3.05, 3.63) is 47.2 Å². The minimum absolute atomic E-state index is 0.175. The van der Waals surface area contributed by atoms with E-state index in [0.717, 1.165) is 5.56 Å². The van der Waals surface area contributed by atoms with Crippen molar-refractivity contribution in [2.24, 2.45) is 0 Å². The molecular weight excluding hydrogens is 292 g/mol. The van der Waals surface area contributed by atoms with Crippen molar-refractivity contribution >= 4 is 23.2 Å². The van der Waals surface area contributed by atoms with E-state index >= 15 is 0 Å². The van der Waals surface area contributed by atoms with Crippen LogP contribution in [0.25, 0.3) is 0 Å². The van der Waals surface area contributed by atoms with Crippen LogP contribution >= 0.6 is 11.6 Å². The quantitative estimate of drug-likeness (QED) is 0.922. The Bertz CT molecular complexity index is 632. The molecule has 5 nitrogen and oxygen atoms in total. The molecule has 1 amide bonds. The molecule has 2 rings (SSSR count). The summed E-state index contributed by atoms with van der Waals surface area (Å²) < 4.78 is 10.3. The van der Waals surface area contributed by atoms with Crippen LogP contribution in [-0.2, 0) is 11.2 Å². The Labute approximate surface area is 127 Å². The number of hydrogen-bond donors (Lipinski definition) is 1. The molecule has 0 aliphatic carbocycles. The van der Waals surface area contributed by atoms with E-state index in [1.807, 2.05) is 6.07 Å². The maximum Gasteiger partial charge on any atom is 0.228 e. The van der Waals surface area contributed by atoms with E-state index in [2.05, 4.69) is 10.3 Å². The number of benzene rings is 1. The molecule has 6 heteroatoms. The topological polar surface area (TPSA) is 60.5 Å². The standard InChI is InChI=1S/C15H15ClN2O3/c1-20-13-8-12(14(21-2)7-11(13)16)18-15(19)6-10-4-3-5-17-9-10/h3-5,7-9H,6H2,1-2H3,(H,18,19). The van der Waals surface area contributed by atoms with Crippen LogP contribution in [-0.4, -0.2) is 25.1 Å². The maximum atomic E-state index is 12.1. The predicted molar refractivity (Wildman–Crippen MR) is 81.1 cm³/mol. The zero-order chi connectivity index (χ0) is 15.2. The number of anilines is 1. The second-order valence-electron chi connectivity index (χ2n) is 4.27. The fourth-order valence-electron chi connectivity index (χ4n) is 1.84. The normalized spacial score (nSPS) is 10.0. The third kappa shape index (κ3) is 3.86. The lowest BCUT2D eigenvalue weighted by molar-refractivity contribution is -0.115. The van der Waals surface area contributed by atoms with Crippen molar-refractivity contribution in [1.29, 1.82) is 0 Å². The third-order valence-corrected chi connectivity index (χ3v) is 3.13. The molecule has 0 saturated heterocycles. The molecule has 0 fully saturated rings. The van der Waals surface area contributed by atoms with E-state index in [0.29, 0.717) is 22.2 Å². The van der Waals surface area contributed by atoms with E-state index in [-0.39, 0.29) is 12.3 Å². The van der Waals surface area contributed by atoms with Gasteiger partial charge in [0.15, 0.2) is 0 Å². The van der Waals surface area contributed by atoms with E-state index in [9.17, 15) is 4.79 Å². The molecule has 0 aliphatic rings. The summed E-state index contributed by atoms with van der Waals surface area (Å²) in [5.74, 6) is 0.764. The summed E-state index contributed by atoms with van der Waals surface area (Å²) in [7, 11) is 3.02. The highest BCUT2D eigenvalue weighted by molar-refractivity contribution is 6.32. The van der Waals surface area contributed by atoms with Gasteiger partial charge in [0.2, 0.25) is 5.91 Å². The molecule has 0 saturated carbocycles. The van der Waals surface area contributed by atoms with Crippen molar-refractivity contribution < 1.29 is 14.3 Å². The van der Waals surface area contributed by atoms with E-state index in [4.69, 9.17) is 21.1 Å². The highest BCUT2D eigenvalue weighted by Crippen LogP contribution is 2.35. The maximum absolute atomic E-state index is 12.1. The van der Waals surface area contributed by atoms with E-state index in [1.165, 1.54) is 14.2 Å². The van der Waals surface area contributed by atoms with Gasteiger partial charge in [0.1, 0.15) is 11.5 Å². The first-order chi connectivity index (χ1) is 10.1. The number of carbonyl (C=O) groups excluding carboxylic acids is 1. The number of amides is 1. The van der Waals surface area contributed by atoms with Crippen molar-refractivity contribution in [3.8, 4) is 11.5 Å². The van der Waals surface area contributed by atoms with Gasteiger partial charge in [0.05, 0.1) is 31.4 Å². The Morgan fingerprint density at radius 2 is 2.05 bits per heavy atom. The lowest BCUT2D eigenvalue weighted by atomic mass is 10.2. The molecule has 1 aromatic heterocycles. The van der Waals surface area contributed by atoms with Crippen LogP contribution in [0.2, 0.25) is 5.02 Å². The fourth-order valence-corrected chi connectivity index (χ4v) is 2.07. The van der Waals surface area contributed by atoms with Crippen molar-refractivity contribution in [2.75, 3.05) is 19.5 Å². The van der Waals surface area contributed by atoms with Gasteiger partial charge in [-0.25, -0.2) is 0 Å². The first-order valence-corrected chi connectivity index (χ1v) is 6.62. The zero-order valence-electron chi connectivity index (χ0n) is 11.7. The molecule has 2 aromatic rings.